The average molecular weight is 415 g/mol. The van der Waals surface area contributed by atoms with Crippen LogP contribution in [0, 0.1) is 0 Å². The van der Waals surface area contributed by atoms with E-state index >= 15 is 0 Å². The zero-order valence-electron chi connectivity index (χ0n) is 8.24. The Bertz CT molecular complexity index is 449. The molecule has 0 fully saturated rings. The van der Waals surface area contributed by atoms with Crippen LogP contribution in [0.5, 0.6) is 0 Å². The maximum Gasteiger partial charge on any atom is 0.251 e. The van der Waals surface area contributed by atoms with Gasteiger partial charge in [0.15, 0.2) is 0 Å². The first-order valence-corrected chi connectivity index (χ1v) is 7.98. The summed E-state index contributed by atoms with van der Waals surface area (Å²) in [6.45, 7) is 1.98. The lowest BCUT2D eigenvalue weighted by atomic mass is 10.4. The van der Waals surface area contributed by atoms with Crippen LogP contribution < -0.4 is 10.5 Å². The third kappa shape index (κ3) is 3.94. The van der Waals surface area contributed by atoms with Crippen molar-refractivity contribution in [2.24, 2.45) is 5.73 Å². The summed E-state index contributed by atoms with van der Waals surface area (Å²) < 4.78 is 27.7. The van der Waals surface area contributed by atoms with Crippen LogP contribution in [0.25, 0.3) is 0 Å². The van der Waals surface area contributed by atoms with Crippen LogP contribution in [0.2, 0.25) is 0 Å². The van der Waals surface area contributed by atoms with Gasteiger partial charge in [0.05, 0.1) is 4.47 Å². The molecule has 3 N–H and O–H groups in total. The SMILES string of the molecule is C[C@@H](CN)NS(=O)(=O)c1scc(Br)c1Br.Cl. The van der Waals surface area contributed by atoms with E-state index in [-0.39, 0.29) is 29.2 Å². The molecule has 0 aliphatic rings. The lowest BCUT2D eigenvalue weighted by Gasteiger charge is -2.10. The second kappa shape index (κ2) is 6.67. The molecule has 1 aromatic rings. The molecule has 0 aliphatic carbocycles. The summed E-state index contributed by atoms with van der Waals surface area (Å²) in [4.78, 5) is 0. The zero-order valence-corrected chi connectivity index (χ0v) is 13.9. The Morgan fingerprint density at radius 3 is 2.50 bits per heavy atom. The molecule has 4 nitrogen and oxygen atoms in total. The largest absolute Gasteiger partial charge is 0.329 e. The Morgan fingerprint density at radius 1 is 1.56 bits per heavy atom. The molecule has 1 atom stereocenters. The molecule has 1 rings (SSSR count). The Morgan fingerprint density at radius 2 is 2.12 bits per heavy atom. The van der Waals surface area contributed by atoms with Gasteiger partial charge in [-0.05, 0) is 38.8 Å². The van der Waals surface area contributed by atoms with Gasteiger partial charge in [0.2, 0.25) is 0 Å². The van der Waals surface area contributed by atoms with Crippen LogP contribution in [-0.4, -0.2) is 21.0 Å². The van der Waals surface area contributed by atoms with Crippen LogP contribution in [-0.2, 0) is 10.0 Å². The van der Waals surface area contributed by atoms with Crippen LogP contribution in [0.4, 0.5) is 0 Å². The van der Waals surface area contributed by atoms with E-state index in [4.69, 9.17) is 5.73 Å². The predicted molar refractivity (Wildman–Crippen MR) is 75.8 cm³/mol. The van der Waals surface area contributed by atoms with Crippen LogP contribution in [0.3, 0.4) is 0 Å². The Hall–Kier alpha value is 0.820. The highest BCUT2D eigenvalue weighted by atomic mass is 79.9. The maximum absolute atomic E-state index is 11.8. The van der Waals surface area contributed by atoms with E-state index in [2.05, 4.69) is 36.6 Å². The number of nitrogens with two attached hydrogens (primary N) is 1. The highest BCUT2D eigenvalue weighted by Gasteiger charge is 2.22. The van der Waals surface area contributed by atoms with E-state index < -0.39 is 10.0 Å². The molecule has 9 heteroatoms. The van der Waals surface area contributed by atoms with Crippen molar-refractivity contribution >= 4 is 65.6 Å². The first-order chi connectivity index (χ1) is 6.88. The quantitative estimate of drug-likeness (QED) is 0.794. The molecular weight excluding hydrogens is 403 g/mol. The number of nitrogens with one attached hydrogen (secondary N) is 1. The molecule has 0 saturated heterocycles. The van der Waals surface area contributed by atoms with Gasteiger partial charge >= 0.3 is 0 Å². The van der Waals surface area contributed by atoms with Gasteiger partial charge < -0.3 is 5.73 Å². The number of rotatable bonds is 4. The van der Waals surface area contributed by atoms with Crippen molar-refractivity contribution in [2.75, 3.05) is 6.54 Å². The van der Waals surface area contributed by atoms with Crippen molar-refractivity contribution in [3.63, 3.8) is 0 Å². The van der Waals surface area contributed by atoms with Gasteiger partial charge in [0.1, 0.15) is 4.21 Å². The lowest BCUT2D eigenvalue weighted by Crippen LogP contribution is -2.37. The number of thiophene rings is 1. The van der Waals surface area contributed by atoms with Crippen molar-refractivity contribution in [3.8, 4) is 0 Å². The van der Waals surface area contributed by atoms with E-state index in [0.717, 1.165) is 15.8 Å². The Labute approximate surface area is 122 Å². The third-order valence-corrected chi connectivity index (χ3v) is 7.55. The molecule has 0 aromatic carbocycles. The minimum atomic E-state index is -3.47. The van der Waals surface area contributed by atoms with Crippen LogP contribution >= 0.6 is 55.6 Å². The van der Waals surface area contributed by atoms with Crippen molar-refractivity contribution in [1.82, 2.24) is 4.72 Å². The van der Waals surface area contributed by atoms with Crippen molar-refractivity contribution in [2.45, 2.75) is 17.2 Å². The monoisotopic (exact) mass is 412 g/mol. The molecule has 0 spiro atoms. The first-order valence-electron chi connectivity index (χ1n) is 4.03. The fourth-order valence-electron chi connectivity index (χ4n) is 0.854. The summed E-state index contributed by atoms with van der Waals surface area (Å²) in [6.07, 6.45) is 0. The first kappa shape index (κ1) is 16.8. The van der Waals surface area contributed by atoms with E-state index in [0.29, 0.717) is 4.47 Å². The van der Waals surface area contributed by atoms with Gasteiger partial charge in [-0.3, -0.25) is 0 Å². The smallest absolute Gasteiger partial charge is 0.251 e. The van der Waals surface area contributed by atoms with E-state index in [1.165, 1.54) is 0 Å². The topological polar surface area (TPSA) is 72.2 Å². The highest BCUT2D eigenvalue weighted by molar-refractivity contribution is 9.13. The number of halogens is 3. The fraction of sp³-hybridized carbons (Fsp3) is 0.429. The highest BCUT2D eigenvalue weighted by Crippen LogP contribution is 2.35. The molecule has 0 bridgehead atoms. The average Bonchev–Trinajstić information content (AvgIpc) is 2.47. The molecule has 0 saturated carbocycles. The van der Waals surface area contributed by atoms with E-state index in [1.54, 1.807) is 12.3 Å². The van der Waals surface area contributed by atoms with Gasteiger partial charge in [-0.25, -0.2) is 13.1 Å². The van der Waals surface area contributed by atoms with Crippen LogP contribution in [0.1, 0.15) is 6.92 Å². The van der Waals surface area contributed by atoms with Crippen molar-refractivity contribution in [1.29, 1.82) is 0 Å². The zero-order chi connectivity index (χ0) is 11.6. The van der Waals surface area contributed by atoms with Crippen molar-refractivity contribution < 1.29 is 8.42 Å². The maximum atomic E-state index is 11.8. The number of hydrogen-bond donors (Lipinski definition) is 2. The number of hydrogen-bond acceptors (Lipinski definition) is 4. The summed E-state index contributed by atoms with van der Waals surface area (Å²) in [7, 11) is -3.47. The molecule has 1 aromatic heterocycles. The molecule has 0 aliphatic heterocycles. The van der Waals surface area contributed by atoms with Gasteiger partial charge in [0, 0.05) is 22.4 Å². The van der Waals surface area contributed by atoms with Gasteiger partial charge in [-0.1, -0.05) is 0 Å². The molecule has 0 amide bonds. The van der Waals surface area contributed by atoms with Gasteiger partial charge in [0.25, 0.3) is 10.0 Å². The summed E-state index contributed by atoms with van der Waals surface area (Å²) in [5, 5.41) is 1.71. The van der Waals surface area contributed by atoms with E-state index in [9.17, 15) is 8.42 Å². The third-order valence-electron chi connectivity index (χ3n) is 1.61. The molecule has 0 unspecified atom stereocenters. The Balaban J connectivity index is 0.00000225. The standard InChI is InChI=1S/C7H10Br2N2O2S2.ClH/c1-4(2-10)11-15(12,13)7-6(9)5(8)3-14-7;/h3-4,11H,2,10H2,1H3;1H/t4-;/m0./s1. The summed E-state index contributed by atoms with van der Waals surface area (Å²) in [5.74, 6) is 0. The van der Waals surface area contributed by atoms with E-state index in [1.807, 2.05) is 0 Å². The number of sulfonamides is 1. The second-order valence-corrected chi connectivity index (χ2v) is 7.38. The van der Waals surface area contributed by atoms with Gasteiger partial charge in [-0.15, -0.1) is 23.7 Å². The lowest BCUT2D eigenvalue weighted by molar-refractivity contribution is 0.564. The molecule has 0 radical (unpaired) electrons. The molecule has 16 heavy (non-hydrogen) atoms. The molecule has 94 valence electrons. The Kier molecular flexibility index (Phi) is 7.01. The summed E-state index contributed by atoms with van der Waals surface area (Å²) in [6, 6.07) is -0.275. The second-order valence-electron chi connectivity index (χ2n) is 2.94. The minimum absolute atomic E-state index is 0. The van der Waals surface area contributed by atoms with Crippen molar-refractivity contribution in [3.05, 3.63) is 14.3 Å². The predicted octanol–water partition coefficient (Wildman–Crippen LogP) is 2.32. The minimum Gasteiger partial charge on any atom is -0.329 e. The molecular formula is C7H11Br2ClN2O2S2. The fourth-order valence-corrected chi connectivity index (χ4v) is 5.20. The normalized spacial score (nSPS) is 13.2. The molecule has 1 heterocycles. The summed E-state index contributed by atoms with van der Waals surface area (Å²) in [5.41, 5.74) is 5.36. The van der Waals surface area contributed by atoms with Gasteiger partial charge in [-0.2, -0.15) is 0 Å². The summed E-state index contributed by atoms with van der Waals surface area (Å²) >= 11 is 7.60. The van der Waals surface area contributed by atoms with Crippen LogP contribution in [0.15, 0.2) is 18.5 Å².